The van der Waals surface area contributed by atoms with E-state index in [0.29, 0.717) is 24.6 Å². The number of rotatable bonds is 3. The van der Waals surface area contributed by atoms with E-state index < -0.39 is 5.92 Å². The van der Waals surface area contributed by atoms with Gasteiger partial charge in [0.05, 0.1) is 6.07 Å². The molecule has 0 N–H and O–H groups in total. The lowest BCUT2D eigenvalue weighted by Crippen LogP contribution is -2.41. The van der Waals surface area contributed by atoms with E-state index in [4.69, 9.17) is 0 Å². The third-order valence-corrected chi connectivity index (χ3v) is 3.93. The molecular weight excluding hydrogens is 255 g/mol. The van der Waals surface area contributed by atoms with Crippen molar-refractivity contribution in [1.82, 2.24) is 4.90 Å². The summed E-state index contributed by atoms with van der Waals surface area (Å²) >= 11 is 0. The molecule has 1 aliphatic rings. The van der Waals surface area contributed by atoms with Gasteiger partial charge in [-0.3, -0.25) is 4.79 Å². The number of amides is 1. The van der Waals surface area contributed by atoms with Crippen molar-refractivity contribution in [3.8, 4) is 6.07 Å². The third-order valence-electron chi connectivity index (χ3n) is 3.93. The van der Waals surface area contributed by atoms with E-state index in [1.807, 2.05) is 6.07 Å². The standard InChI is InChI=1S/C16H19FN2O/c1-12-6-8-19(9-7-12)16(20)14(11-18)10-13-4-2-3-5-15(13)17/h2-5,12,14H,6-10H2,1H3. The molecule has 106 valence electrons. The fourth-order valence-corrected chi connectivity index (χ4v) is 2.52. The number of likely N-dealkylation sites (tertiary alicyclic amines) is 1. The molecule has 0 aromatic heterocycles. The van der Waals surface area contributed by atoms with E-state index in [9.17, 15) is 14.4 Å². The molecule has 1 aromatic carbocycles. The van der Waals surface area contributed by atoms with Crippen LogP contribution in [0.5, 0.6) is 0 Å². The molecule has 4 heteroatoms. The van der Waals surface area contributed by atoms with Crippen LogP contribution in [0.2, 0.25) is 0 Å². The van der Waals surface area contributed by atoms with Crippen molar-refractivity contribution < 1.29 is 9.18 Å². The van der Waals surface area contributed by atoms with Crippen LogP contribution in [0.25, 0.3) is 0 Å². The molecule has 2 rings (SSSR count). The van der Waals surface area contributed by atoms with Crippen molar-refractivity contribution in [2.75, 3.05) is 13.1 Å². The summed E-state index contributed by atoms with van der Waals surface area (Å²) in [7, 11) is 0. The maximum absolute atomic E-state index is 13.6. The van der Waals surface area contributed by atoms with Gasteiger partial charge in [0.15, 0.2) is 0 Å². The minimum atomic E-state index is -0.791. The molecule has 1 aliphatic heterocycles. The van der Waals surface area contributed by atoms with E-state index in [1.54, 1.807) is 23.1 Å². The molecule has 0 saturated carbocycles. The lowest BCUT2D eigenvalue weighted by molar-refractivity contribution is -0.135. The van der Waals surface area contributed by atoms with Crippen LogP contribution >= 0.6 is 0 Å². The summed E-state index contributed by atoms with van der Waals surface area (Å²) < 4.78 is 13.6. The average molecular weight is 274 g/mol. The second-order valence-corrected chi connectivity index (χ2v) is 5.49. The number of carbonyl (C=O) groups excluding carboxylic acids is 1. The van der Waals surface area contributed by atoms with Gasteiger partial charge in [-0.1, -0.05) is 25.1 Å². The first-order valence-corrected chi connectivity index (χ1v) is 7.03. The molecule has 1 amide bonds. The number of halogens is 1. The Morgan fingerprint density at radius 1 is 1.45 bits per heavy atom. The van der Waals surface area contributed by atoms with Crippen LogP contribution in [0.4, 0.5) is 4.39 Å². The van der Waals surface area contributed by atoms with Crippen molar-refractivity contribution in [3.05, 3.63) is 35.6 Å². The smallest absolute Gasteiger partial charge is 0.240 e. The number of benzene rings is 1. The third kappa shape index (κ3) is 3.36. The number of hydrogen-bond acceptors (Lipinski definition) is 2. The van der Waals surface area contributed by atoms with Crippen LogP contribution < -0.4 is 0 Å². The molecular formula is C16H19FN2O. The largest absolute Gasteiger partial charge is 0.342 e. The summed E-state index contributed by atoms with van der Waals surface area (Å²) in [6, 6.07) is 8.34. The van der Waals surface area contributed by atoms with E-state index in [2.05, 4.69) is 6.92 Å². The minimum absolute atomic E-state index is 0.147. The van der Waals surface area contributed by atoms with Crippen molar-refractivity contribution >= 4 is 5.91 Å². The molecule has 1 heterocycles. The monoisotopic (exact) mass is 274 g/mol. The summed E-state index contributed by atoms with van der Waals surface area (Å²) in [5.41, 5.74) is 0.428. The lowest BCUT2D eigenvalue weighted by atomic mass is 9.95. The normalized spacial score (nSPS) is 17.6. The number of hydrogen-bond donors (Lipinski definition) is 0. The maximum Gasteiger partial charge on any atom is 0.240 e. The predicted octanol–water partition coefficient (Wildman–Crippen LogP) is 2.77. The molecule has 1 unspecified atom stereocenters. The summed E-state index contributed by atoms with van der Waals surface area (Å²) in [4.78, 5) is 14.1. The SMILES string of the molecule is CC1CCN(C(=O)C(C#N)Cc2ccccc2F)CC1. The van der Waals surface area contributed by atoms with Crippen LogP contribution in [0.1, 0.15) is 25.3 Å². The number of carbonyl (C=O) groups is 1. The highest BCUT2D eigenvalue weighted by molar-refractivity contribution is 5.81. The topological polar surface area (TPSA) is 44.1 Å². The van der Waals surface area contributed by atoms with Gasteiger partial charge in [0.25, 0.3) is 0 Å². The highest BCUT2D eigenvalue weighted by Gasteiger charge is 2.27. The summed E-state index contributed by atoms with van der Waals surface area (Å²) in [5.74, 6) is -0.679. The molecule has 1 atom stereocenters. The molecule has 0 bridgehead atoms. The van der Waals surface area contributed by atoms with Gasteiger partial charge >= 0.3 is 0 Å². The Hall–Kier alpha value is -1.89. The Bertz CT molecular complexity index is 515. The van der Waals surface area contributed by atoms with E-state index >= 15 is 0 Å². The van der Waals surface area contributed by atoms with E-state index in [1.165, 1.54) is 6.07 Å². The molecule has 0 aliphatic carbocycles. The second-order valence-electron chi connectivity index (χ2n) is 5.49. The van der Waals surface area contributed by atoms with Gasteiger partial charge in [-0.05, 0) is 30.4 Å². The van der Waals surface area contributed by atoms with Gasteiger partial charge in [0.1, 0.15) is 11.7 Å². The van der Waals surface area contributed by atoms with Crippen molar-refractivity contribution in [3.63, 3.8) is 0 Å². The first-order valence-electron chi connectivity index (χ1n) is 7.03. The van der Waals surface area contributed by atoms with Gasteiger partial charge in [0, 0.05) is 19.5 Å². The van der Waals surface area contributed by atoms with Crippen LogP contribution in [0, 0.1) is 29.0 Å². The zero-order valence-electron chi connectivity index (χ0n) is 11.7. The summed E-state index contributed by atoms with van der Waals surface area (Å²) in [6.45, 7) is 3.58. The van der Waals surface area contributed by atoms with Crippen LogP contribution in [0.15, 0.2) is 24.3 Å². The molecule has 0 radical (unpaired) electrons. The quantitative estimate of drug-likeness (QED) is 0.850. The Labute approximate surface area is 119 Å². The molecule has 1 fully saturated rings. The van der Waals surface area contributed by atoms with Crippen molar-refractivity contribution in [2.45, 2.75) is 26.2 Å². The summed E-state index contributed by atoms with van der Waals surface area (Å²) in [6.07, 6.45) is 2.10. The van der Waals surface area contributed by atoms with Crippen LogP contribution in [0.3, 0.4) is 0 Å². The predicted molar refractivity (Wildman–Crippen MR) is 74.2 cm³/mol. The fraction of sp³-hybridized carbons (Fsp3) is 0.500. The minimum Gasteiger partial charge on any atom is -0.342 e. The van der Waals surface area contributed by atoms with Gasteiger partial charge in [-0.15, -0.1) is 0 Å². The summed E-state index contributed by atoms with van der Waals surface area (Å²) in [5, 5.41) is 9.21. The molecule has 3 nitrogen and oxygen atoms in total. The van der Waals surface area contributed by atoms with Gasteiger partial charge < -0.3 is 4.90 Å². The van der Waals surface area contributed by atoms with Crippen LogP contribution in [-0.2, 0) is 11.2 Å². The van der Waals surface area contributed by atoms with Crippen molar-refractivity contribution in [1.29, 1.82) is 5.26 Å². The average Bonchev–Trinajstić information content (AvgIpc) is 2.46. The molecule has 1 saturated heterocycles. The van der Waals surface area contributed by atoms with Gasteiger partial charge in [-0.25, -0.2) is 4.39 Å². The van der Waals surface area contributed by atoms with Gasteiger partial charge in [-0.2, -0.15) is 5.26 Å². The fourth-order valence-electron chi connectivity index (χ4n) is 2.52. The lowest BCUT2D eigenvalue weighted by Gasteiger charge is -2.31. The highest BCUT2D eigenvalue weighted by atomic mass is 19.1. The number of piperidine rings is 1. The second kappa shape index (κ2) is 6.51. The number of nitrogens with zero attached hydrogens (tertiary/aromatic N) is 2. The Morgan fingerprint density at radius 2 is 2.10 bits per heavy atom. The molecule has 0 spiro atoms. The van der Waals surface area contributed by atoms with Crippen LogP contribution in [-0.4, -0.2) is 23.9 Å². The zero-order chi connectivity index (χ0) is 14.5. The molecule has 20 heavy (non-hydrogen) atoms. The van der Waals surface area contributed by atoms with E-state index in [-0.39, 0.29) is 18.1 Å². The van der Waals surface area contributed by atoms with Crippen molar-refractivity contribution in [2.24, 2.45) is 11.8 Å². The maximum atomic E-state index is 13.6. The number of nitriles is 1. The Kier molecular flexibility index (Phi) is 4.73. The highest BCUT2D eigenvalue weighted by Crippen LogP contribution is 2.20. The first-order chi connectivity index (χ1) is 9.61. The molecule has 1 aromatic rings. The Morgan fingerprint density at radius 3 is 2.70 bits per heavy atom. The van der Waals surface area contributed by atoms with E-state index in [0.717, 1.165) is 12.8 Å². The first kappa shape index (κ1) is 14.5. The van der Waals surface area contributed by atoms with Gasteiger partial charge in [0.2, 0.25) is 5.91 Å². The Balaban J connectivity index is 2.03. The zero-order valence-corrected chi connectivity index (χ0v) is 11.7.